The molecule has 0 radical (unpaired) electrons. The fourth-order valence-corrected chi connectivity index (χ4v) is 4.48. The molecule has 198 valence electrons. The number of likely N-dealkylation sites (N-methyl/N-ethyl adjacent to an activating group) is 1. The van der Waals surface area contributed by atoms with E-state index in [9.17, 15) is 33.0 Å². The highest BCUT2D eigenvalue weighted by molar-refractivity contribution is 6.42. The summed E-state index contributed by atoms with van der Waals surface area (Å²) in [7, 11) is 1.15. The average molecular weight is 590 g/mol. The predicted octanol–water partition coefficient (Wildman–Crippen LogP) is 6.86. The van der Waals surface area contributed by atoms with E-state index in [0.717, 1.165) is 16.8 Å². The van der Waals surface area contributed by atoms with Gasteiger partial charge in [0.15, 0.2) is 0 Å². The first-order valence-corrected chi connectivity index (χ1v) is 12.0. The highest BCUT2D eigenvalue weighted by Gasteiger charge is 2.44. The molecule has 0 aliphatic heterocycles. The molecular formula is C23H23Cl4F3N2O4. The molecule has 0 aliphatic carbocycles. The zero-order chi connectivity index (χ0) is 27.3. The summed E-state index contributed by atoms with van der Waals surface area (Å²) in [6.07, 6.45) is -7.90. The number of amides is 2. The van der Waals surface area contributed by atoms with Gasteiger partial charge in [-0.15, -0.1) is 0 Å². The van der Waals surface area contributed by atoms with Crippen molar-refractivity contribution in [3.05, 3.63) is 67.6 Å². The lowest BCUT2D eigenvalue weighted by Gasteiger charge is -2.45. The van der Waals surface area contributed by atoms with Crippen LogP contribution in [0.25, 0.3) is 0 Å². The summed E-state index contributed by atoms with van der Waals surface area (Å²) >= 11 is 24.3. The van der Waals surface area contributed by atoms with Gasteiger partial charge in [-0.25, -0.2) is 4.79 Å². The zero-order valence-corrected chi connectivity index (χ0v) is 22.0. The molecule has 0 saturated heterocycles. The molecule has 1 atom stereocenters. The number of alkyl halides is 3. The lowest BCUT2D eigenvalue weighted by Crippen LogP contribution is -2.55. The zero-order valence-electron chi connectivity index (χ0n) is 19.0. The van der Waals surface area contributed by atoms with Gasteiger partial charge in [-0.2, -0.15) is 13.2 Å². The second kappa shape index (κ2) is 12.6. The number of aliphatic hydroxyl groups excluding tert-OH is 1. The van der Waals surface area contributed by atoms with Gasteiger partial charge in [0.1, 0.15) is 6.42 Å². The number of carbonyl (C=O) groups is 2. The molecule has 2 aromatic rings. The Labute approximate surface area is 226 Å². The van der Waals surface area contributed by atoms with Crippen LogP contribution in [0.5, 0.6) is 0 Å². The summed E-state index contributed by atoms with van der Waals surface area (Å²) < 4.78 is 38.8. The van der Waals surface area contributed by atoms with Crippen molar-refractivity contribution in [1.82, 2.24) is 9.80 Å². The van der Waals surface area contributed by atoms with Crippen molar-refractivity contribution in [2.45, 2.75) is 37.5 Å². The summed E-state index contributed by atoms with van der Waals surface area (Å²) in [5, 5.41) is 20.5. The topological polar surface area (TPSA) is 81.1 Å². The molecule has 0 aliphatic rings. The fraction of sp³-hybridized carbons (Fsp3) is 0.391. The Morgan fingerprint density at radius 2 is 1.53 bits per heavy atom. The number of hydrogen-bond donors (Lipinski definition) is 2. The number of rotatable bonds is 10. The van der Waals surface area contributed by atoms with Crippen LogP contribution in [-0.4, -0.2) is 58.4 Å². The molecule has 0 unspecified atom stereocenters. The summed E-state index contributed by atoms with van der Waals surface area (Å²) in [6, 6.07) is 8.79. The maximum Gasteiger partial charge on any atom is 0.408 e. The molecule has 36 heavy (non-hydrogen) atoms. The minimum Gasteiger partial charge on any atom is -0.465 e. The van der Waals surface area contributed by atoms with E-state index < -0.39 is 36.7 Å². The Bertz CT molecular complexity index is 1100. The SMILES string of the molecule is CN(C[C@](CCCO)(c1ccc(Cl)c(Cl)c1)N(Cc1ccc(Cl)c(Cl)c1)C(=O)O)C(=O)CC(F)(F)F. The van der Waals surface area contributed by atoms with Crippen molar-refractivity contribution in [2.24, 2.45) is 0 Å². The van der Waals surface area contributed by atoms with Crippen LogP contribution in [-0.2, 0) is 16.9 Å². The largest absolute Gasteiger partial charge is 0.465 e. The third kappa shape index (κ3) is 7.79. The molecule has 0 aromatic heterocycles. The Hall–Kier alpha value is -1.91. The van der Waals surface area contributed by atoms with Crippen molar-refractivity contribution in [1.29, 1.82) is 0 Å². The van der Waals surface area contributed by atoms with Crippen molar-refractivity contribution in [3.8, 4) is 0 Å². The van der Waals surface area contributed by atoms with Gasteiger partial charge in [0.05, 0.1) is 32.2 Å². The summed E-state index contributed by atoms with van der Waals surface area (Å²) in [5.41, 5.74) is -0.908. The van der Waals surface area contributed by atoms with Crippen LogP contribution in [0, 0.1) is 0 Å². The minimum absolute atomic E-state index is 0.0568. The lowest BCUT2D eigenvalue weighted by atomic mass is 9.82. The van der Waals surface area contributed by atoms with E-state index in [0.29, 0.717) is 5.56 Å². The average Bonchev–Trinajstić information content (AvgIpc) is 2.78. The second-order valence-electron chi connectivity index (χ2n) is 8.15. The van der Waals surface area contributed by atoms with Crippen molar-refractivity contribution in [2.75, 3.05) is 20.2 Å². The minimum atomic E-state index is -4.75. The first-order chi connectivity index (χ1) is 16.7. The normalized spacial score (nSPS) is 13.2. The summed E-state index contributed by atoms with van der Waals surface area (Å²) in [6.45, 7) is -1.07. The first kappa shape index (κ1) is 30.3. The molecule has 0 fully saturated rings. The van der Waals surface area contributed by atoms with Gasteiger partial charge < -0.3 is 15.1 Å². The van der Waals surface area contributed by atoms with Gasteiger partial charge in [-0.3, -0.25) is 9.69 Å². The van der Waals surface area contributed by atoms with Crippen LogP contribution < -0.4 is 0 Å². The molecule has 0 saturated carbocycles. The Morgan fingerprint density at radius 3 is 2.03 bits per heavy atom. The van der Waals surface area contributed by atoms with Crippen LogP contribution in [0.4, 0.5) is 18.0 Å². The number of carboxylic acid groups (broad SMARTS) is 1. The molecule has 13 heteroatoms. The van der Waals surface area contributed by atoms with E-state index in [2.05, 4.69) is 0 Å². The lowest BCUT2D eigenvalue weighted by molar-refractivity contribution is -0.161. The standard InChI is InChI=1S/C23H23Cl4F3N2O4/c1-31(20(34)11-23(28,29)30)13-22(7-2-8-33,15-4-6-17(25)19(27)10-15)32(21(35)36)12-14-3-5-16(24)18(26)9-14/h3-6,9-10,33H,2,7-8,11-13H2,1H3,(H,35,36)/t22-/m1/s1. The molecular weight excluding hydrogens is 567 g/mol. The van der Waals surface area contributed by atoms with Crippen molar-refractivity contribution >= 4 is 58.4 Å². The molecule has 2 rings (SSSR count). The number of carbonyl (C=O) groups excluding carboxylic acids is 1. The summed E-state index contributed by atoms with van der Waals surface area (Å²) in [4.78, 5) is 26.8. The van der Waals surface area contributed by atoms with Crippen LogP contribution in [0.1, 0.15) is 30.4 Å². The van der Waals surface area contributed by atoms with Crippen molar-refractivity contribution < 1.29 is 33.0 Å². The molecule has 2 aromatic carbocycles. The van der Waals surface area contributed by atoms with E-state index in [-0.39, 0.29) is 51.6 Å². The van der Waals surface area contributed by atoms with E-state index >= 15 is 0 Å². The maximum atomic E-state index is 12.9. The Morgan fingerprint density at radius 1 is 0.944 bits per heavy atom. The quantitative estimate of drug-likeness (QED) is 0.317. The molecule has 2 amide bonds. The number of benzene rings is 2. The highest BCUT2D eigenvalue weighted by atomic mass is 35.5. The van der Waals surface area contributed by atoms with E-state index in [1.807, 2.05) is 0 Å². The van der Waals surface area contributed by atoms with Gasteiger partial charge in [-0.1, -0.05) is 58.5 Å². The Balaban J connectivity index is 2.69. The fourth-order valence-electron chi connectivity index (χ4n) is 3.86. The smallest absolute Gasteiger partial charge is 0.408 e. The van der Waals surface area contributed by atoms with E-state index in [1.54, 1.807) is 6.07 Å². The van der Waals surface area contributed by atoms with Crippen LogP contribution in [0.2, 0.25) is 20.1 Å². The van der Waals surface area contributed by atoms with Gasteiger partial charge in [0, 0.05) is 20.2 Å². The highest BCUT2D eigenvalue weighted by Crippen LogP contribution is 2.39. The third-order valence-corrected chi connectivity index (χ3v) is 7.03. The molecule has 0 spiro atoms. The van der Waals surface area contributed by atoms with Gasteiger partial charge in [0.25, 0.3) is 0 Å². The molecule has 0 heterocycles. The monoisotopic (exact) mass is 588 g/mol. The molecule has 2 N–H and O–H groups in total. The number of hydrogen-bond acceptors (Lipinski definition) is 3. The summed E-state index contributed by atoms with van der Waals surface area (Å²) in [5.74, 6) is -1.25. The molecule has 0 bridgehead atoms. The van der Waals surface area contributed by atoms with Gasteiger partial charge in [-0.05, 0) is 48.2 Å². The second-order valence-corrected chi connectivity index (χ2v) is 9.78. The van der Waals surface area contributed by atoms with Crippen LogP contribution in [0.3, 0.4) is 0 Å². The van der Waals surface area contributed by atoms with E-state index in [1.165, 1.54) is 30.3 Å². The number of aliphatic hydroxyl groups is 1. The number of nitrogens with zero attached hydrogens (tertiary/aromatic N) is 2. The van der Waals surface area contributed by atoms with Gasteiger partial charge >= 0.3 is 12.3 Å². The maximum absolute atomic E-state index is 12.9. The third-order valence-electron chi connectivity index (χ3n) is 5.55. The van der Waals surface area contributed by atoms with Crippen LogP contribution >= 0.6 is 46.4 Å². The van der Waals surface area contributed by atoms with E-state index in [4.69, 9.17) is 46.4 Å². The Kier molecular flexibility index (Phi) is 10.6. The number of halogens is 7. The van der Waals surface area contributed by atoms with Gasteiger partial charge in [0.2, 0.25) is 5.91 Å². The van der Waals surface area contributed by atoms with Crippen molar-refractivity contribution in [3.63, 3.8) is 0 Å². The molecule has 6 nitrogen and oxygen atoms in total. The first-order valence-electron chi connectivity index (χ1n) is 10.5. The van der Waals surface area contributed by atoms with Crippen LogP contribution in [0.15, 0.2) is 36.4 Å². The predicted molar refractivity (Wildman–Crippen MR) is 133 cm³/mol.